The van der Waals surface area contributed by atoms with Gasteiger partial charge < -0.3 is 15.1 Å². The third kappa shape index (κ3) is 2.93. The zero-order valence-electron chi connectivity index (χ0n) is 15.6. The zero-order valence-corrected chi connectivity index (χ0v) is 16.3. The highest BCUT2D eigenvalue weighted by Crippen LogP contribution is 2.43. The topological polar surface area (TPSA) is 35.6 Å². The fraction of sp³-hybridized carbons (Fsp3) is 0.409. The fourth-order valence-corrected chi connectivity index (χ4v) is 5.63. The number of hydrogen-bond acceptors (Lipinski definition) is 3. The second kappa shape index (κ2) is 6.83. The van der Waals surface area contributed by atoms with Crippen molar-refractivity contribution in [1.29, 1.82) is 0 Å². The van der Waals surface area contributed by atoms with Crippen LogP contribution in [-0.4, -0.2) is 61.0 Å². The summed E-state index contributed by atoms with van der Waals surface area (Å²) >= 11 is 6.01. The first-order valence-electron chi connectivity index (χ1n) is 9.81. The molecule has 1 N–H and O–H groups in total. The van der Waals surface area contributed by atoms with Gasteiger partial charge in [-0.25, -0.2) is 4.39 Å². The molecule has 4 aliphatic heterocycles. The third-order valence-electron chi connectivity index (χ3n) is 6.60. The predicted molar refractivity (Wildman–Crippen MR) is 107 cm³/mol. The normalized spacial score (nSPS) is 33.5. The molecule has 4 saturated heterocycles. The zero-order chi connectivity index (χ0) is 19.3. The standard InChI is InChI=1S/C22H23ClFN3O/c23-17-6-7-19(24)18(10-17)21(28)25-20-15-11-26-8-9-27(12-15)14-22(20,13-26)16-4-2-1-3-5-16/h1-7,10,15,20H,8-9,11-14H2,(H,25,28). The summed E-state index contributed by atoms with van der Waals surface area (Å²) in [7, 11) is 0. The van der Waals surface area contributed by atoms with E-state index in [0.29, 0.717) is 10.9 Å². The molecule has 4 aliphatic rings. The van der Waals surface area contributed by atoms with Crippen LogP contribution in [-0.2, 0) is 5.41 Å². The molecule has 4 heterocycles. The Bertz CT molecular complexity index is 890. The van der Waals surface area contributed by atoms with Crippen LogP contribution in [0.1, 0.15) is 15.9 Å². The van der Waals surface area contributed by atoms with Crippen LogP contribution in [0.5, 0.6) is 0 Å². The summed E-state index contributed by atoms with van der Waals surface area (Å²) in [4.78, 5) is 18.1. The highest BCUT2D eigenvalue weighted by Gasteiger charge is 2.55. The first-order chi connectivity index (χ1) is 13.5. The first-order valence-corrected chi connectivity index (χ1v) is 10.2. The molecule has 0 radical (unpaired) electrons. The van der Waals surface area contributed by atoms with E-state index in [2.05, 4.69) is 39.4 Å². The van der Waals surface area contributed by atoms with Crippen molar-refractivity contribution in [3.8, 4) is 0 Å². The lowest BCUT2D eigenvalue weighted by Gasteiger charge is -2.55. The van der Waals surface area contributed by atoms with Crippen LogP contribution in [0.25, 0.3) is 0 Å². The smallest absolute Gasteiger partial charge is 0.254 e. The second-order valence-electron chi connectivity index (χ2n) is 8.33. The molecule has 6 rings (SSSR count). The molecule has 6 heteroatoms. The predicted octanol–water partition coefficient (Wildman–Crippen LogP) is 2.78. The molecule has 146 valence electrons. The van der Waals surface area contributed by atoms with E-state index in [1.165, 1.54) is 23.8 Å². The van der Waals surface area contributed by atoms with Crippen LogP contribution in [0.4, 0.5) is 4.39 Å². The molecule has 3 atom stereocenters. The number of rotatable bonds is 3. The van der Waals surface area contributed by atoms with Gasteiger partial charge in [0.15, 0.2) is 0 Å². The molecule has 28 heavy (non-hydrogen) atoms. The van der Waals surface area contributed by atoms with Crippen LogP contribution < -0.4 is 5.32 Å². The lowest BCUT2D eigenvalue weighted by atomic mass is 9.64. The van der Waals surface area contributed by atoms with Gasteiger partial charge in [-0.3, -0.25) is 4.79 Å². The Balaban J connectivity index is 1.54. The van der Waals surface area contributed by atoms with E-state index in [4.69, 9.17) is 11.6 Å². The van der Waals surface area contributed by atoms with Gasteiger partial charge in [-0.05, 0) is 23.8 Å². The summed E-state index contributed by atoms with van der Waals surface area (Å²) in [5.74, 6) is -0.600. The largest absolute Gasteiger partial charge is 0.348 e. The van der Waals surface area contributed by atoms with Crippen molar-refractivity contribution in [2.45, 2.75) is 11.5 Å². The summed E-state index contributed by atoms with van der Waals surface area (Å²) < 4.78 is 14.3. The summed E-state index contributed by atoms with van der Waals surface area (Å²) in [5, 5.41) is 3.59. The van der Waals surface area contributed by atoms with Crippen molar-refractivity contribution in [2.75, 3.05) is 39.3 Å². The molecule has 1 amide bonds. The van der Waals surface area contributed by atoms with Gasteiger partial charge in [0.05, 0.1) is 5.56 Å². The number of amides is 1. The third-order valence-corrected chi connectivity index (χ3v) is 6.84. The summed E-state index contributed by atoms with van der Waals surface area (Å²) in [6, 6.07) is 14.6. The number of nitrogens with one attached hydrogen (secondary N) is 1. The molecule has 3 unspecified atom stereocenters. The fourth-order valence-electron chi connectivity index (χ4n) is 5.46. The van der Waals surface area contributed by atoms with Crippen molar-refractivity contribution in [2.24, 2.45) is 5.92 Å². The SMILES string of the molecule is O=C(NC1C2CN3CCN(C2)CC1(c1ccccc1)C3)c1cc(Cl)ccc1F. The van der Waals surface area contributed by atoms with Gasteiger partial charge in [-0.15, -0.1) is 0 Å². The van der Waals surface area contributed by atoms with E-state index in [1.807, 2.05) is 6.07 Å². The van der Waals surface area contributed by atoms with Crippen molar-refractivity contribution >= 4 is 17.5 Å². The molecule has 4 fully saturated rings. The first kappa shape index (κ1) is 18.1. The lowest BCUT2D eigenvalue weighted by molar-refractivity contribution is 0.0180. The van der Waals surface area contributed by atoms with E-state index < -0.39 is 5.82 Å². The van der Waals surface area contributed by atoms with Crippen LogP contribution >= 0.6 is 11.6 Å². The second-order valence-corrected chi connectivity index (χ2v) is 8.76. The Morgan fingerprint density at radius 1 is 1.07 bits per heavy atom. The number of hydrogen-bond donors (Lipinski definition) is 1. The number of fused-ring (bicyclic) bond motifs is 1. The maximum Gasteiger partial charge on any atom is 0.254 e. The summed E-state index contributed by atoms with van der Waals surface area (Å²) in [5.41, 5.74) is 1.07. The Kier molecular flexibility index (Phi) is 4.42. The molecule has 4 nitrogen and oxygen atoms in total. The average Bonchev–Trinajstić information content (AvgIpc) is 2.95. The molecule has 0 saturated carbocycles. The Labute approximate surface area is 169 Å². The van der Waals surface area contributed by atoms with Gasteiger partial charge in [-0.1, -0.05) is 41.9 Å². The van der Waals surface area contributed by atoms with Crippen molar-refractivity contribution in [3.05, 3.63) is 70.5 Å². The van der Waals surface area contributed by atoms with Gasteiger partial charge in [0.2, 0.25) is 0 Å². The molecule has 2 aromatic rings. The minimum absolute atomic E-state index is 0.0166. The number of halogens is 2. The number of piperidine rings is 2. The Morgan fingerprint density at radius 2 is 1.75 bits per heavy atom. The van der Waals surface area contributed by atoms with E-state index in [0.717, 1.165) is 39.3 Å². The number of nitrogens with zero attached hydrogens (tertiary/aromatic N) is 2. The van der Waals surface area contributed by atoms with Gasteiger partial charge >= 0.3 is 0 Å². The lowest BCUT2D eigenvalue weighted by Crippen LogP contribution is -2.70. The van der Waals surface area contributed by atoms with E-state index in [-0.39, 0.29) is 22.9 Å². The maximum atomic E-state index is 14.3. The molecule has 0 spiro atoms. The quantitative estimate of drug-likeness (QED) is 0.862. The molecule has 2 aromatic carbocycles. The van der Waals surface area contributed by atoms with E-state index >= 15 is 0 Å². The Hall–Kier alpha value is -1.95. The summed E-state index contributed by atoms with van der Waals surface area (Å²) in [6.07, 6.45) is 0. The van der Waals surface area contributed by atoms with Crippen LogP contribution in [0.15, 0.2) is 48.5 Å². The minimum Gasteiger partial charge on any atom is -0.348 e. The van der Waals surface area contributed by atoms with Gasteiger partial charge in [-0.2, -0.15) is 0 Å². The van der Waals surface area contributed by atoms with Crippen molar-refractivity contribution < 1.29 is 9.18 Å². The molecular weight excluding hydrogens is 377 g/mol. The van der Waals surface area contributed by atoms with Crippen molar-refractivity contribution in [1.82, 2.24) is 15.1 Å². The van der Waals surface area contributed by atoms with E-state index in [1.54, 1.807) is 0 Å². The monoisotopic (exact) mass is 399 g/mol. The number of benzene rings is 2. The minimum atomic E-state index is -0.538. The highest BCUT2D eigenvalue weighted by atomic mass is 35.5. The molecule has 0 aromatic heterocycles. The Morgan fingerprint density at radius 3 is 2.43 bits per heavy atom. The van der Waals surface area contributed by atoms with Crippen LogP contribution in [0.2, 0.25) is 5.02 Å². The van der Waals surface area contributed by atoms with Gasteiger partial charge in [0.1, 0.15) is 5.82 Å². The molecular formula is C22H23ClFN3O. The molecule has 4 bridgehead atoms. The van der Waals surface area contributed by atoms with Crippen molar-refractivity contribution in [3.63, 3.8) is 0 Å². The number of carbonyl (C=O) groups excluding carboxylic acids is 1. The van der Waals surface area contributed by atoms with Crippen LogP contribution in [0.3, 0.4) is 0 Å². The van der Waals surface area contributed by atoms with Crippen LogP contribution in [0, 0.1) is 11.7 Å². The van der Waals surface area contributed by atoms with Gasteiger partial charge in [0, 0.05) is 61.7 Å². The van der Waals surface area contributed by atoms with Gasteiger partial charge in [0.25, 0.3) is 5.91 Å². The maximum absolute atomic E-state index is 14.3. The summed E-state index contributed by atoms with van der Waals surface area (Å²) in [6.45, 7) is 5.88. The average molecular weight is 400 g/mol. The molecule has 0 aliphatic carbocycles. The van der Waals surface area contributed by atoms with E-state index in [9.17, 15) is 9.18 Å². The highest BCUT2D eigenvalue weighted by molar-refractivity contribution is 6.31. The number of carbonyl (C=O) groups is 1.